The van der Waals surface area contributed by atoms with Crippen LogP contribution >= 0.6 is 0 Å². The van der Waals surface area contributed by atoms with E-state index in [4.69, 9.17) is 9.47 Å². The number of esters is 1. The Labute approximate surface area is 216 Å². The highest BCUT2D eigenvalue weighted by Crippen LogP contribution is 2.21. The fourth-order valence-corrected chi connectivity index (χ4v) is 3.68. The van der Waals surface area contributed by atoms with Gasteiger partial charge in [0, 0.05) is 16.7 Å². The summed E-state index contributed by atoms with van der Waals surface area (Å²) in [4.78, 5) is 11.8. The first kappa shape index (κ1) is 26.8. The molecule has 3 nitrogen and oxygen atoms in total. The van der Waals surface area contributed by atoms with Crippen LogP contribution in [0.2, 0.25) is 0 Å². The molecule has 0 aliphatic heterocycles. The van der Waals surface area contributed by atoms with Gasteiger partial charge in [0.05, 0.1) is 18.8 Å². The second-order valence-electron chi connectivity index (χ2n) is 8.81. The van der Waals surface area contributed by atoms with E-state index in [1.807, 2.05) is 24.3 Å². The fraction of sp³-hybridized carbons (Fsp3) is 0.303. The van der Waals surface area contributed by atoms with Crippen molar-refractivity contribution in [1.29, 1.82) is 0 Å². The molecule has 3 aromatic rings. The minimum absolute atomic E-state index is 0.315. The molecule has 0 aliphatic carbocycles. The van der Waals surface area contributed by atoms with Crippen molar-refractivity contribution in [2.45, 2.75) is 52.9 Å². The summed E-state index contributed by atoms with van der Waals surface area (Å²) in [5, 5.41) is 0. The van der Waals surface area contributed by atoms with E-state index in [1.165, 1.54) is 31.2 Å². The van der Waals surface area contributed by atoms with E-state index >= 15 is 0 Å². The van der Waals surface area contributed by atoms with Crippen LogP contribution in [0.15, 0.2) is 72.8 Å². The zero-order chi connectivity index (χ0) is 25.6. The Kier molecular flexibility index (Phi) is 10.9. The Morgan fingerprint density at radius 2 is 1.31 bits per heavy atom. The smallest absolute Gasteiger partial charge is 0.338 e. The lowest BCUT2D eigenvalue weighted by atomic mass is 10.1. The van der Waals surface area contributed by atoms with E-state index in [1.54, 1.807) is 19.1 Å². The Hall–Kier alpha value is -3.77. The molecule has 0 saturated heterocycles. The zero-order valence-electron chi connectivity index (χ0n) is 21.7. The summed E-state index contributed by atoms with van der Waals surface area (Å²) in [5.41, 5.74) is 5.69. The molecule has 3 aromatic carbocycles. The van der Waals surface area contributed by atoms with Crippen LogP contribution in [0.4, 0.5) is 0 Å². The maximum Gasteiger partial charge on any atom is 0.338 e. The van der Waals surface area contributed by atoms with Gasteiger partial charge in [-0.2, -0.15) is 0 Å². The van der Waals surface area contributed by atoms with Crippen LogP contribution in [0.1, 0.15) is 84.1 Å². The summed E-state index contributed by atoms with van der Waals surface area (Å²) in [6, 6.07) is 23.8. The molecule has 0 aliphatic rings. The number of aryl methyl sites for hydroxylation is 1. The van der Waals surface area contributed by atoms with Crippen molar-refractivity contribution in [3.63, 3.8) is 0 Å². The number of ether oxygens (including phenoxy) is 2. The second kappa shape index (κ2) is 14.6. The highest BCUT2D eigenvalue weighted by atomic mass is 16.5. The third-order valence-corrected chi connectivity index (χ3v) is 5.80. The molecule has 3 rings (SSSR count). The molecule has 3 heteroatoms. The molecule has 0 spiro atoms. The Balaban J connectivity index is 1.71. The van der Waals surface area contributed by atoms with Gasteiger partial charge in [0.15, 0.2) is 0 Å². The van der Waals surface area contributed by atoms with E-state index < -0.39 is 0 Å². The second-order valence-corrected chi connectivity index (χ2v) is 8.81. The molecule has 186 valence electrons. The molecule has 36 heavy (non-hydrogen) atoms. The average molecular weight is 481 g/mol. The highest BCUT2D eigenvalue weighted by molar-refractivity contribution is 5.89. The molecule has 0 radical (unpaired) electrons. The summed E-state index contributed by atoms with van der Waals surface area (Å²) >= 11 is 0. The van der Waals surface area contributed by atoms with Crippen LogP contribution in [0, 0.1) is 18.8 Å². The van der Waals surface area contributed by atoms with E-state index in [0.717, 1.165) is 34.4 Å². The summed E-state index contributed by atoms with van der Waals surface area (Å²) < 4.78 is 11.3. The maximum atomic E-state index is 11.8. The van der Waals surface area contributed by atoms with E-state index in [-0.39, 0.29) is 5.97 Å². The van der Waals surface area contributed by atoms with Crippen molar-refractivity contribution in [2.75, 3.05) is 13.2 Å². The van der Waals surface area contributed by atoms with Crippen LogP contribution < -0.4 is 0 Å². The van der Waals surface area contributed by atoms with Crippen molar-refractivity contribution in [1.82, 2.24) is 0 Å². The SMILES string of the molecule is CCCCCCCO/C(=C\c1ccc(C)cc1)c1ccc(C#Cc2ccc(C(=O)OCC)cc2)cc1. The molecule has 0 aromatic heterocycles. The molecular formula is C33H36O3. The third kappa shape index (κ3) is 8.78. The van der Waals surface area contributed by atoms with Gasteiger partial charge in [-0.1, -0.05) is 86.4 Å². The van der Waals surface area contributed by atoms with Gasteiger partial charge in [0.2, 0.25) is 0 Å². The monoisotopic (exact) mass is 480 g/mol. The predicted octanol–water partition coefficient (Wildman–Crippen LogP) is 8.06. The Morgan fingerprint density at radius 1 is 0.722 bits per heavy atom. The summed E-state index contributed by atoms with van der Waals surface area (Å²) in [7, 11) is 0. The number of hydrogen-bond donors (Lipinski definition) is 0. The van der Waals surface area contributed by atoms with Gasteiger partial charge in [-0.3, -0.25) is 0 Å². The van der Waals surface area contributed by atoms with Crippen LogP contribution in [0.3, 0.4) is 0 Å². The van der Waals surface area contributed by atoms with Crippen LogP contribution in [0.25, 0.3) is 11.8 Å². The molecule has 0 unspecified atom stereocenters. The van der Waals surface area contributed by atoms with Crippen LogP contribution in [-0.2, 0) is 9.47 Å². The summed E-state index contributed by atoms with van der Waals surface area (Å²) in [6.07, 6.45) is 8.15. The molecule has 0 saturated carbocycles. The van der Waals surface area contributed by atoms with E-state index in [0.29, 0.717) is 18.8 Å². The van der Waals surface area contributed by atoms with Crippen molar-refractivity contribution in [3.8, 4) is 11.8 Å². The largest absolute Gasteiger partial charge is 0.493 e. The minimum Gasteiger partial charge on any atom is -0.493 e. The first-order chi connectivity index (χ1) is 17.6. The zero-order valence-corrected chi connectivity index (χ0v) is 21.7. The van der Waals surface area contributed by atoms with Gasteiger partial charge in [-0.15, -0.1) is 0 Å². The molecular weight excluding hydrogens is 444 g/mol. The normalized spacial score (nSPS) is 10.9. The molecule has 0 amide bonds. The quantitative estimate of drug-likeness (QED) is 0.0915. The summed E-state index contributed by atoms with van der Waals surface area (Å²) in [5.74, 6) is 6.93. The first-order valence-electron chi connectivity index (χ1n) is 12.9. The number of rotatable bonds is 11. The number of carbonyl (C=O) groups is 1. The molecule has 0 heterocycles. The Morgan fingerprint density at radius 3 is 1.89 bits per heavy atom. The molecule has 0 atom stereocenters. The van der Waals surface area contributed by atoms with E-state index in [9.17, 15) is 4.79 Å². The topological polar surface area (TPSA) is 35.5 Å². The fourth-order valence-electron chi connectivity index (χ4n) is 3.68. The Bertz CT molecular complexity index is 1170. The lowest BCUT2D eigenvalue weighted by Crippen LogP contribution is -2.04. The standard InChI is InChI=1S/C33H36O3/c1-4-6-7-8-9-24-36-32(25-29-12-10-26(3)11-13-29)30-20-16-27(17-21-30)14-15-28-18-22-31(23-19-28)33(34)35-5-2/h10-13,16-23,25H,4-9,24H2,1-3H3/b32-25-. The number of carbonyl (C=O) groups excluding carboxylic acids is 1. The van der Waals surface area contributed by atoms with Crippen LogP contribution in [-0.4, -0.2) is 19.2 Å². The van der Waals surface area contributed by atoms with Gasteiger partial charge in [0.25, 0.3) is 0 Å². The molecule has 0 N–H and O–H groups in total. The van der Waals surface area contributed by atoms with Gasteiger partial charge in [-0.05, 0) is 68.3 Å². The minimum atomic E-state index is -0.315. The maximum absolute atomic E-state index is 11.8. The van der Waals surface area contributed by atoms with Gasteiger partial charge in [-0.25, -0.2) is 4.79 Å². The van der Waals surface area contributed by atoms with Crippen LogP contribution in [0.5, 0.6) is 0 Å². The lowest BCUT2D eigenvalue weighted by molar-refractivity contribution is 0.0526. The highest BCUT2D eigenvalue weighted by Gasteiger charge is 2.06. The van der Waals surface area contributed by atoms with Crippen molar-refractivity contribution >= 4 is 17.8 Å². The molecule has 0 fully saturated rings. The van der Waals surface area contributed by atoms with Crippen molar-refractivity contribution < 1.29 is 14.3 Å². The number of unbranched alkanes of at least 4 members (excludes halogenated alkanes) is 4. The first-order valence-corrected chi connectivity index (χ1v) is 12.9. The third-order valence-electron chi connectivity index (χ3n) is 5.80. The van der Waals surface area contributed by atoms with E-state index in [2.05, 4.69) is 68.2 Å². The molecule has 0 bridgehead atoms. The lowest BCUT2D eigenvalue weighted by Gasteiger charge is -2.12. The predicted molar refractivity (Wildman–Crippen MR) is 149 cm³/mol. The number of hydrogen-bond acceptors (Lipinski definition) is 3. The van der Waals surface area contributed by atoms with Gasteiger partial charge in [0.1, 0.15) is 5.76 Å². The van der Waals surface area contributed by atoms with Crippen molar-refractivity contribution in [2.24, 2.45) is 0 Å². The average Bonchev–Trinajstić information content (AvgIpc) is 2.90. The number of benzene rings is 3. The van der Waals surface area contributed by atoms with Gasteiger partial charge >= 0.3 is 5.97 Å². The van der Waals surface area contributed by atoms with Crippen molar-refractivity contribution in [3.05, 3.63) is 106 Å². The summed E-state index contributed by atoms with van der Waals surface area (Å²) in [6.45, 7) is 7.20. The van der Waals surface area contributed by atoms with Gasteiger partial charge < -0.3 is 9.47 Å².